The molecular formula is C22H29FN2O6. The van der Waals surface area contributed by atoms with E-state index in [4.69, 9.17) is 9.47 Å². The fourth-order valence-electron chi connectivity index (χ4n) is 3.66. The van der Waals surface area contributed by atoms with Crippen molar-refractivity contribution >= 4 is 18.0 Å². The van der Waals surface area contributed by atoms with Gasteiger partial charge in [-0.25, -0.2) is 14.0 Å². The average Bonchev–Trinajstić information content (AvgIpc) is 3.47. The van der Waals surface area contributed by atoms with E-state index in [1.807, 2.05) is 0 Å². The number of ether oxygens (including phenoxy) is 3. The topological polar surface area (TPSA) is 103 Å². The van der Waals surface area contributed by atoms with Gasteiger partial charge in [-0.3, -0.25) is 4.79 Å². The van der Waals surface area contributed by atoms with Gasteiger partial charge >= 0.3 is 12.1 Å². The highest BCUT2D eigenvalue weighted by Crippen LogP contribution is 2.46. The largest absolute Gasteiger partial charge is 0.465 e. The predicted octanol–water partition coefficient (Wildman–Crippen LogP) is 2.79. The normalized spacial score (nSPS) is 19.1. The van der Waals surface area contributed by atoms with Gasteiger partial charge in [0.25, 0.3) is 0 Å². The molecule has 0 aromatic heterocycles. The summed E-state index contributed by atoms with van der Waals surface area (Å²) in [6, 6.07) is 4.21. The van der Waals surface area contributed by atoms with E-state index < -0.39 is 34.6 Å². The van der Waals surface area contributed by atoms with Gasteiger partial charge in [-0.05, 0) is 51.3 Å². The number of alkyl carbamates (subject to hydrolysis) is 1. The second-order valence-corrected chi connectivity index (χ2v) is 9.04. The lowest BCUT2D eigenvalue weighted by Crippen LogP contribution is -2.63. The Morgan fingerprint density at radius 1 is 1.06 bits per heavy atom. The van der Waals surface area contributed by atoms with Gasteiger partial charge in [0.1, 0.15) is 17.0 Å². The molecule has 0 bridgehead atoms. The zero-order chi connectivity index (χ0) is 22.9. The van der Waals surface area contributed by atoms with E-state index >= 15 is 0 Å². The number of amides is 2. The van der Waals surface area contributed by atoms with Gasteiger partial charge in [-0.1, -0.05) is 6.07 Å². The highest BCUT2D eigenvalue weighted by molar-refractivity contribution is 5.91. The van der Waals surface area contributed by atoms with Crippen LogP contribution < -0.4 is 10.6 Å². The predicted molar refractivity (Wildman–Crippen MR) is 109 cm³/mol. The Bertz CT molecular complexity index is 869. The summed E-state index contributed by atoms with van der Waals surface area (Å²) in [7, 11) is 1.18. The van der Waals surface area contributed by atoms with Gasteiger partial charge in [0, 0.05) is 26.1 Å². The Morgan fingerprint density at radius 2 is 1.71 bits per heavy atom. The number of hydrogen-bond donors (Lipinski definition) is 2. The van der Waals surface area contributed by atoms with Crippen LogP contribution in [0.25, 0.3) is 0 Å². The van der Waals surface area contributed by atoms with Crippen molar-refractivity contribution in [2.24, 2.45) is 0 Å². The van der Waals surface area contributed by atoms with E-state index in [0.717, 1.165) is 0 Å². The first kappa shape index (κ1) is 23.0. The van der Waals surface area contributed by atoms with Crippen molar-refractivity contribution in [3.63, 3.8) is 0 Å². The van der Waals surface area contributed by atoms with Crippen molar-refractivity contribution in [3.8, 4) is 0 Å². The molecule has 0 atom stereocenters. The highest BCUT2D eigenvalue weighted by Gasteiger charge is 2.51. The summed E-state index contributed by atoms with van der Waals surface area (Å²) in [5, 5.41) is 5.75. The first-order valence-electron chi connectivity index (χ1n) is 10.3. The Labute approximate surface area is 180 Å². The number of rotatable bonds is 5. The summed E-state index contributed by atoms with van der Waals surface area (Å²) < 4.78 is 29.7. The molecule has 31 heavy (non-hydrogen) atoms. The minimum atomic E-state index is -1.18. The molecule has 2 aliphatic rings. The number of halogens is 1. The molecule has 9 heteroatoms. The van der Waals surface area contributed by atoms with E-state index in [0.29, 0.717) is 44.5 Å². The van der Waals surface area contributed by atoms with Crippen molar-refractivity contribution in [1.82, 2.24) is 10.6 Å². The summed E-state index contributed by atoms with van der Waals surface area (Å²) in [4.78, 5) is 37.4. The number of esters is 1. The van der Waals surface area contributed by atoms with Crippen LogP contribution >= 0.6 is 0 Å². The average molecular weight is 436 g/mol. The van der Waals surface area contributed by atoms with Crippen LogP contribution in [0.15, 0.2) is 18.2 Å². The van der Waals surface area contributed by atoms with Crippen LogP contribution in [0, 0.1) is 5.82 Å². The van der Waals surface area contributed by atoms with Crippen LogP contribution in [0.4, 0.5) is 9.18 Å². The molecule has 0 spiro atoms. The minimum absolute atomic E-state index is 0.166. The lowest BCUT2D eigenvalue weighted by atomic mass is 9.88. The molecule has 170 valence electrons. The number of methoxy groups -OCH3 is 1. The second-order valence-electron chi connectivity index (χ2n) is 9.04. The molecule has 2 N–H and O–H groups in total. The molecule has 8 nitrogen and oxygen atoms in total. The van der Waals surface area contributed by atoms with Crippen LogP contribution in [0.5, 0.6) is 0 Å². The molecule has 1 aliphatic carbocycles. The van der Waals surface area contributed by atoms with Gasteiger partial charge in [0.15, 0.2) is 0 Å². The van der Waals surface area contributed by atoms with Gasteiger partial charge < -0.3 is 24.8 Å². The van der Waals surface area contributed by atoms with E-state index in [-0.39, 0.29) is 11.5 Å². The zero-order valence-electron chi connectivity index (χ0n) is 18.3. The second kappa shape index (κ2) is 8.45. The SMILES string of the molecule is COC(=O)c1ccc(C2(NC(=O)C3(NC(=O)OC(C)(C)C)CCOCC3)CC2)cc1F. The molecule has 2 fully saturated rings. The fraction of sp³-hybridized carbons (Fsp3) is 0.591. The lowest BCUT2D eigenvalue weighted by Gasteiger charge is -2.38. The van der Waals surface area contributed by atoms with Crippen LogP contribution in [0.1, 0.15) is 62.4 Å². The van der Waals surface area contributed by atoms with Crippen LogP contribution in [-0.4, -0.2) is 49.4 Å². The Hall–Kier alpha value is -2.68. The summed E-state index contributed by atoms with van der Waals surface area (Å²) in [6.45, 7) is 5.87. The maximum atomic E-state index is 14.4. The van der Waals surface area contributed by atoms with Crippen molar-refractivity contribution in [1.29, 1.82) is 0 Å². The number of nitrogens with one attached hydrogen (secondary N) is 2. The minimum Gasteiger partial charge on any atom is -0.465 e. The van der Waals surface area contributed by atoms with Gasteiger partial charge in [0.2, 0.25) is 5.91 Å². The number of carbonyl (C=O) groups is 3. The summed E-state index contributed by atoms with van der Waals surface area (Å²) in [5.74, 6) is -1.84. The summed E-state index contributed by atoms with van der Waals surface area (Å²) in [6.07, 6.45) is 1.15. The van der Waals surface area contributed by atoms with Gasteiger partial charge in [-0.15, -0.1) is 0 Å². The molecule has 1 saturated heterocycles. The van der Waals surface area contributed by atoms with Gasteiger partial charge in [-0.2, -0.15) is 0 Å². The molecule has 3 rings (SSSR count). The molecule has 1 aromatic carbocycles. The van der Waals surface area contributed by atoms with Crippen molar-refractivity contribution in [2.75, 3.05) is 20.3 Å². The van der Waals surface area contributed by atoms with Crippen molar-refractivity contribution in [3.05, 3.63) is 35.1 Å². The molecule has 0 radical (unpaired) electrons. The van der Waals surface area contributed by atoms with E-state index in [1.54, 1.807) is 26.8 Å². The molecular weight excluding hydrogens is 407 g/mol. The Kier molecular flexibility index (Phi) is 6.27. The maximum absolute atomic E-state index is 14.4. The van der Waals surface area contributed by atoms with Crippen LogP contribution in [0.3, 0.4) is 0 Å². The standard InChI is InChI=1S/C22H29FN2O6/c1-20(2,3)31-19(28)25-22(9-11-30-12-10-22)18(27)24-21(7-8-21)14-5-6-15(16(23)13-14)17(26)29-4/h5-6,13H,7-12H2,1-4H3,(H,24,27)(H,25,28). The lowest BCUT2D eigenvalue weighted by molar-refractivity contribution is -0.132. The molecule has 1 aromatic rings. The third kappa shape index (κ3) is 5.15. The molecule has 1 aliphatic heterocycles. The van der Waals surface area contributed by atoms with E-state index in [2.05, 4.69) is 15.4 Å². The molecule has 1 saturated carbocycles. The molecule has 1 heterocycles. The summed E-state index contributed by atoms with van der Waals surface area (Å²) >= 11 is 0. The molecule has 0 unspecified atom stereocenters. The number of carbonyl (C=O) groups excluding carboxylic acids is 3. The van der Waals surface area contributed by atoms with E-state index in [1.165, 1.54) is 19.2 Å². The smallest absolute Gasteiger partial charge is 0.408 e. The first-order valence-corrected chi connectivity index (χ1v) is 10.3. The van der Waals surface area contributed by atoms with Gasteiger partial charge in [0.05, 0.1) is 18.2 Å². The number of hydrogen-bond acceptors (Lipinski definition) is 6. The first-order chi connectivity index (χ1) is 14.5. The maximum Gasteiger partial charge on any atom is 0.408 e. The Morgan fingerprint density at radius 3 is 2.23 bits per heavy atom. The van der Waals surface area contributed by atoms with Crippen molar-refractivity contribution in [2.45, 2.75) is 63.1 Å². The van der Waals surface area contributed by atoms with E-state index in [9.17, 15) is 18.8 Å². The Balaban J connectivity index is 1.79. The monoisotopic (exact) mass is 436 g/mol. The van der Waals surface area contributed by atoms with Crippen LogP contribution in [-0.2, 0) is 24.5 Å². The zero-order valence-corrected chi connectivity index (χ0v) is 18.3. The quantitative estimate of drug-likeness (QED) is 0.688. The molecule has 2 amide bonds. The fourth-order valence-corrected chi connectivity index (χ4v) is 3.66. The third-order valence-electron chi connectivity index (χ3n) is 5.55. The van der Waals surface area contributed by atoms with Crippen LogP contribution in [0.2, 0.25) is 0 Å². The third-order valence-corrected chi connectivity index (χ3v) is 5.55. The number of benzene rings is 1. The summed E-state index contributed by atoms with van der Waals surface area (Å²) in [5.41, 5.74) is -2.23. The highest BCUT2D eigenvalue weighted by atomic mass is 19.1. The van der Waals surface area contributed by atoms with Crippen molar-refractivity contribution < 1.29 is 33.0 Å².